The van der Waals surface area contributed by atoms with Gasteiger partial charge >= 0.3 is 0 Å². The Hall–Kier alpha value is -0.820. The van der Waals surface area contributed by atoms with Crippen LogP contribution in [0.1, 0.15) is 37.3 Å². The first kappa shape index (κ1) is 20.2. The number of nitrogens with zero attached hydrogens (tertiary/aromatic N) is 1. The zero-order valence-electron chi connectivity index (χ0n) is 14.5. The minimum Gasteiger partial charge on any atom is -0.381 e. The summed E-state index contributed by atoms with van der Waals surface area (Å²) < 4.78 is 5.57. The largest absolute Gasteiger partial charge is 0.381 e. The third-order valence-corrected chi connectivity index (χ3v) is 3.91. The van der Waals surface area contributed by atoms with Gasteiger partial charge in [-0.25, -0.2) is 0 Å². The van der Waals surface area contributed by atoms with Crippen LogP contribution in [0.15, 0.2) is 29.3 Å². The van der Waals surface area contributed by atoms with E-state index in [4.69, 9.17) is 4.74 Å². The molecule has 4 nitrogen and oxygen atoms in total. The lowest BCUT2D eigenvalue weighted by Crippen LogP contribution is -2.41. The van der Waals surface area contributed by atoms with E-state index in [9.17, 15) is 0 Å². The van der Waals surface area contributed by atoms with Crippen LogP contribution in [0.3, 0.4) is 0 Å². The van der Waals surface area contributed by atoms with E-state index in [1.54, 1.807) is 0 Å². The lowest BCUT2D eigenvalue weighted by atomic mass is 9.78. The Balaban J connectivity index is 0.00000264. The van der Waals surface area contributed by atoms with Gasteiger partial charge in [-0.15, -0.1) is 24.0 Å². The topological polar surface area (TPSA) is 45.7 Å². The normalized spacial score (nSPS) is 16.3. The van der Waals surface area contributed by atoms with E-state index < -0.39 is 0 Å². The first-order chi connectivity index (χ1) is 10.7. The summed E-state index contributed by atoms with van der Waals surface area (Å²) in [6.45, 7) is 7.82. The van der Waals surface area contributed by atoms with E-state index in [2.05, 4.69) is 53.7 Å². The van der Waals surface area contributed by atoms with Crippen molar-refractivity contribution in [2.75, 3.05) is 33.4 Å². The molecule has 1 aromatic carbocycles. The van der Waals surface area contributed by atoms with Crippen molar-refractivity contribution in [2.24, 2.45) is 10.9 Å². The summed E-state index contributed by atoms with van der Waals surface area (Å²) in [5, 5.41) is 6.76. The molecule has 0 bridgehead atoms. The lowest BCUT2D eigenvalue weighted by Gasteiger charge is -2.30. The number of fused-ring (bicyclic) bond motifs is 1. The molecule has 1 aliphatic rings. The number of hydrogen-bond donors (Lipinski definition) is 2. The van der Waals surface area contributed by atoms with Crippen LogP contribution in [0.2, 0.25) is 0 Å². The summed E-state index contributed by atoms with van der Waals surface area (Å²) in [7, 11) is 1.82. The number of rotatable bonds is 8. The predicted octanol–water partition coefficient (Wildman–Crippen LogP) is 3.17. The van der Waals surface area contributed by atoms with Crippen LogP contribution >= 0.6 is 24.0 Å². The Kier molecular flexibility index (Phi) is 9.55. The van der Waals surface area contributed by atoms with Crippen molar-refractivity contribution >= 4 is 29.9 Å². The number of ether oxygens (including phenoxy) is 1. The number of hydrogen-bond acceptors (Lipinski definition) is 2. The molecule has 130 valence electrons. The van der Waals surface area contributed by atoms with Crippen LogP contribution in [0.4, 0.5) is 0 Å². The summed E-state index contributed by atoms with van der Waals surface area (Å²) in [4.78, 5) is 4.27. The molecule has 1 aliphatic carbocycles. The Bertz CT molecular complexity index is 491. The molecule has 0 radical (unpaired) electrons. The number of guanidine groups is 1. The summed E-state index contributed by atoms with van der Waals surface area (Å²) in [6.07, 6.45) is 2.17. The summed E-state index contributed by atoms with van der Waals surface area (Å²) in [5.74, 6) is 2.10. The molecule has 0 spiro atoms. The highest BCUT2D eigenvalue weighted by Gasteiger charge is 2.25. The van der Waals surface area contributed by atoms with Crippen molar-refractivity contribution in [1.29, 1.82) is 0 Å². The Morgan fingerprint density at radius 2 is 2.09 bits per heavy atom. The van der Waals surface area contributed by atoms with Crippen LogP contribution in [-0.4, -0.2) is 39.3 Å². The number of aliphatic imine (C=N–C) groups is 1. The van der Waals surface area contributed by atoms with E-state index in [0.29, 0.717) is 11.8 Å². The molecule has 0 saturated carbocycles. The molecule has 2 N–H and O–H groups in total. The predicted molar refractivity (Wildman–Crippen MR) is 108 cm³/mol. The van der Waals surface area contributed by atoms with Gasteiger partial charge in [0.2, 0.25) is 0 Å². The molecule has 1 unspecified atom stereocenters. The average molecular weight is 431 g/mol. The quantitative estimate of drug-likeness (QED) is 0.288. The van der Waals surface area contributed by atoms with Gasteiger partial charge < -0.3 is 15.4 Å². The molecular formula is C18H30IN3O. The molecule has 0 aromatic heterocycles. The van der Waals surface area contributed by atoms with Crippen LogP contribution in [0, 0.1) is 5.92 Å². The second-order valence-electron chi connectivity index (χ2n) is 6.30. The van der Waals surface area contributed by atoms with Gasteiger partial charge in [-0.2, -0.15) is 0 Å². The summed E-state index contributed by atoms with van der Waals surface area (Å²) in [5.41, 5.74) is 2.96. The highest BCUT2D eigenvalue weighted by Crippen LogP contribution is 2.33. The summed E-state index contributed by atoms with van der Waals surface area (Å²) in [6, 6.07) is 8.68. The monoisotopic (exact) mass is 431 g/mol. The number of nitrogens with one attached hydrogen (secondary N) is 2. The molecule has 0 amide bonds. The molecular weight excluding hydrogens is 401 g/mol. The Morgan fingerprint density at radius 3 is 2.78 bits per heavy atom. The fraction of sp³-hybridized carbons (Fsp3) is 0.611. The van der Waals surface area contributed by atoms with Gasteiger partial charge in [0, 0.05) is 39.3 Å². The van der Waals surface area contributed by atoms with Gasteiger partial charge in [0.15, 0.2) is 5.96 Å². The lowest BCUT2D eigenvalue weighted by molar-refractivity contribution is 0.108. The van der Waals surface area contributed by atoms with Gasteiger partial charge in [-0.05, 0) is 29.9 Å². The van der Waals surface area contributed by atoms with Crippen LogP contribution in [-0.2, 0) is 11.2 Å². The highest BCUT2D eigenvalue weighted by molar-refractivity contribution is 14.0. The van der Waals surface area contributed by atoms with E-state index in [-0.39, 0.29) is 24.0 Å². The van der Waals surface area contributed by atoms with Gasteiger partial charge in [0.05, 0.1) is 0 Å². The highest BCUT2D eigenvalue weighted by atomic mass is 127. The van der Waals surface area contributed by atoms with Crippen LogP contribution in [0.5, 0.6) is 0 Å². The first-order valence-corrected chi connectivity index (χ1v) is 8.30. The number of halogens is 1. The van der Waals surface area contributed by atoms with E-state index in [0.717, 1.165) is 38.7 Å². The zero-order chi connectivity index (χ0) is 15.8. The minimum atomic E-state index is 0. The fourth-order valence-corrected chi connectivity index (χ4v) is 2.69. The Labute approximate surface area is 157 Å². The van der Waals surface area contributed by atoms with E-state index >= 15 is 0 Å². The SMILES string of the molecule is CN=C(NCCCOCC(C)C)NCC1Cc2ccccc21.I. The van der Waals surface area contributed by atoms with Crippen molar-refractivity contribution in [3.8, 4) is 0 Å². The molecule has 1 atom stereocenters. The molecule has 2 rings (SSSR count). The zero-order valence-corrected chi connectivity index (χ0v) is 16.8. The first-order valence-electron chi connectivity index (χ1n) is 8.30. The number of benzene rings is 1. The average Bonchev–Trinajstić information content (AvgIpc) is 2.49. The minimum absolute atomic E-state index is 0. The standard InChI is InChI=1S/C18H29N3O.HI/c1-14(2)13-22-10-6-9-20-18(19-3)21-12-16-11-15-7-4-5-8-17(15)16;/h4-5,7-8,14,16H,6,9-13H2,1-3H3,(H2,19,20,21);1H. The maximum absolute atomic E-state index is 5.57. The maximum Gasteiger partial charge on any atom is 0.190 e. The van der Waals surface area contributed by atoms with Gasteiger partial charge in [-0.1, -0.05) is 38.1 Å². The maximum atomic E-state index is 5.57. The fourth-order valence-electron chi connectivity index (χ4n) is 2.69. The second kappa shape index (κ2) is 10.9. The summed E-state index contributed by atoms with van der Waals surface area (Å²) >= 11 is 0. The smallest absolute Gasteiger partial charge is 0.190 e. The Morgan fingerprint density at radius 1 is 1.30 bits per heavy atom. The second-order valence-corrected chi connectivity index (χ2v) is 6.30. The third-order valence-electron chi connectivity index (χ3n) is 3.91. The van der Waals surface area contributed by atoms with Crippen LogP contribution < -0.4 is 10.6 Å². The molecule has 1 aromatic rings. The van der Waals surface area contributed by atoms with Crippen molar-refractivity contribution in [3.05, 3.63) is 35.4 Å². The van der Waals surface area contributed by atoms with Gasteiger partial charge in [0.1, 0.15) is 0 Å². The van der Waals surface area contributed by atoms with E-state index in [1.165, 1.54) is 17.5 Å². The van der Waals surface area contributed by atoms with E-state index in [1.807, 2.05) is 7.05 Å². The molecule has 23 heavy (non-hydrogen) atoms. The van der Waals surface area contributed by atoms with Crippen molar-refractivity contribution in [1.82, 2.24) is 10.6 Å². The third kappa shape index (κ3) is 6.67. The van der Waals surface area contributed by atoms with Crippen molar-refractivity contribution in [3.63, 3.8) is 0 Å². The molecule has 5 heteroatoms. The van der Waals surface area contributed by atoms with Crippen molar-refractivity contribution in [2.45, 2.75) is 32.6 Å². The van der Waals surface area contributed by atoms with Crippen molar-refractivity contribution < 1.29 is 4.74 Å². The van der Waals surface area contributed by atoms with Gasteiger partial charge in [0.25, 0.3) is 0 Å². The molecule has 0 heterocycles. The molecule has 0 aliphatic heterocycles. The van der Waals surface area contributed by atoms with Crippen LogP contribution in [0.25, 0.3) is 0 Å². The molecule has 0 saturated heterocycles. The molecule has 0 fully saturated rings. The van der Waals surface area contributed by atoms with Gasteiger partial charge in [-0.3, -0.25) is 4.99 Å².